The van der Waals surface area contributed by atoms with Crippen LogP contribution in [0.1, 0.15) is 97.8 Å². The molecule has 0 amide bonds. The van der Waals surface area contributed by atoms with Gasteiger partial charge in [0.25, 0.3) is 0 Å². The number of allylic oxidation sites excluding steroid dienone is 2. The third-order valence-electron chi connectivity index (χ3n) is 4.44. The molecule has 0 bridgehead atoms. The number of carbonyl (C=O) groups excluding carboxylic acids is 2. The Labute approximate surface area is 160 Å². The maximum Gasteiger partial charge on any atom is 0.347 e. The van der Waals surface area contributed by atoms with E-state index in [1.807, 2.05) is 13.8 Å². The summed E-state index contributed by atoms with van der Waals surface area (Å²) >= 11 is 0. The minimum absolute atomic E-state index is 0.0777. The average molecular weight is 369 g/mol. The summed E-state index contributed by atoms with van der Waals surface area (Å²) in [5.74, 6) is -0.863. The zero-order valence-corrected chi connectivity index (χ0v) is 17.4. The molecule has 0 rings (SSSR count). The van der Waals surface area contributed by atoms with Gasteiger partial charge in [-0.1, -0.05) is 71.4 Å². The zero-order chi connectivity index (χ0) is 19.6. The van der Waals surface area contributed by atoms with Gasteiger partial charge in [-0.3, -0.25) is 4.79 Å². The van der Waals surface area contributed by atoms with Crippen LogP contribution in [0.5, 0.6) is 0 Å². The highest BCUT2D eigenvalue weighted by Crippen LogP contribution is 2.13. The van der Waals surface area contributed by atoms with Crippen LogP contribution in [0.3, 0.4) is 0 Å². The van der Waals surface area contributed by atoms with Gasteiger partial charge in [0.05, 0.1) is 7.11 Å². The molecule has 0 saturated heterocycles. The first-order chi connectivity index (χ1) is 12.5. The molecule has 0 N–H and O–H groups in total. The molecule has 0 heterocycles. The third-order valence-corrected chi connectivity index (χ3v) is 4.44. The van der Waals surface area contributed by atoms with Crippen LogP contribution >= 0.6 is 0 Å². The molecular weight excluding hydrogens is 328 g/mol. The topological polar surface area (TPSA) is 52.6 Å². The lowest BCUT2D eigenvalue weighted by atomic mass is 10.1. The van der Waals surface area contributed by atoms with Crippen molar-refractivity contribution in [2.45, 2.75) is 104 Å². The molecule has 1 unspecified atom stereocenters. The lowest BCUT2D eigenvalue weighted by Crippen LogP contribution is -2.33. The van der Waals surface area contributed by atoms with Gasteiger partial charge in [0.2, 0.25) is 6.10 Å². The van der Waals surface area contributed by atoms with Crippen LogP contribution < -0.4 is 0 Å². The van der Waals surface area contributed by atoms with E-state index < -0.39 is 12.1 Å². The van der Waals surface area contributed by atoms with Crippen LogP contribution in [0.25, 0.3) is 0 Å². The third kappa shape index (κ3) is 13.9. The molecule has 0 aromatic carbocycles. The number of ether oxygens (including phenoxy) is 2. The normalized spacial score (nSPS) is 12.5. The second kappa shape index (κ2) is 17.1. The quantitative estimate of drug-likeness (QED) is 0.191. The van der Waals surface area contributed by atoms with Gasteiger partial charge >= 0.3 is 11.9 Å². The Morgan fingerprint density at radius 2 is 1.38 bits per heavy atom. The Bertz CT molecular complexity index is 388. The second-order valence-electron chi connectivity index (χ2n) is 7.30. The summed E-state index contributed by atoms with van der Waals surface area (Å²) in [6.07, 6.45) is 17.3. The predicted molar refractivity (Wildman–Crippen MR) is 107 cm³/mol. The molecule has 0 saturated carbocycles. The van der Waals surface area contributed by atoms with E-state index in [1.54, 1.807) is 0 Å². The standard InChI is InChI=1S/C22H40O4/c1-5-6-7-8-9-10-11-12-13-14-15-16-17-18-20(23)26-21(19(2)3)22(24)25-4/h10-11,19,21H,5-9,12-18H2,1-4H3/b11-10-. The number of carbonyl (C=O) groups is 2. The second-order valence-corrected chi connectivity index (χ2v) is 7.30. The molecule has 0 fully saturated rings. The van der Waals surface area contributed by atoms with Crippen molar-refractivity contribution in [3.8, 4) is 0 Å². The van der Waals surface area contributed by atoms with Crippen molar-refractivity contribution >= 4 is 11.9 Å². The molecule has 1 atom stereocenters. The van der Waals surface area contributed by atoms with Crippen LogP contribution in [0.2, 0.25) is 0 Å². The highest BCUT2D eigenvalue weighted by Gasteiger charge is 2.26. The minimum Gasteiger partial charge on any atom is -0.466 e. The van der Waals surface area contributed by atoms with Gasteiger partial charge in [0.1, 0.15) is 0 Å². The molecule has 0 spiro atoms. The maximum atomic E-state index is 11.8. The summed E-state index contributed by atoms with van der Waals surface area (Å²) < 4.78 is 9.92. The van der Waals surface area contributed by atoms with E-state index in [9.17, 15) is 9.59 Å². The van der Waals surface area contributed by atoms with Gasteiger partial charge in [-0.05, 0) is 32.1 Å². The van der Waals surface area contributed by atoms with Crippen LogP contribution in [0.15, 0.2) is 12.2 Å². The van der Waals surface area contributed by atoms with Gasteiger partial charge in [-0.25, -0.2) is 4.79 Å². The first kappa shape index (κ1) is 24.7. The number of esters is 2. The van der Waals surface area contributed by atoms with Gasteiger partial charge < -0.3 is 9.47 Å². The molecule has 152 valence electrons. The van der Waals surface area contributed by atoms with E-state index in [4.69, 9.17) is 4.74 Å². The monoisotopic (exact) mass is 368 g/mol. The summed E-state index contributed by atoms with van der Waals surface area (Å²) in [4.78, 5) is 23.4. The van der Waals surface area contributed by atoms with Crippen molar-refractivity contribution in [1.82, 2.24) is 0 Å². The number of rotatable bonds is 16. The van der Waals surface area contributed by atoms with E-state index in [0.29, 0.717) is 6.42 Å². The highest BCUT2D eigenvalue weighted by molar-refractivity contribution is 5.79. The minimum atomic E-state index is -0.791. The van der Waals surface area contributed by atoms with E-state index in [2.05, 4.69) is 23.8 Å². The molecule has 4 heteroatoms. The fraction of sp³-hybridized carbons (Fsp3) is 0.818. The van der Waals surface area contributed by atoms with Gasteiger partial charge in [-0.15, -0.1) is 0 Å². The summed E-state index contributed by atoms with van der Waals surface area (Å²) in [7, 11) is 1.31. The molecule has 4 nitrogen and oxygen atoms in total. The Morgan fingerprint density at radius 3 is 1.92 bits per heavy atom. The smallest absolute Gasteiger partial charge is 0.347 e. The van der Waals surface area contributed by atoms with Crippen LogP contribution in [0, 0.1) is 5.92 Å². The van der Waals surface area contributed by atoms with E-state index in [-0.39, 0.29) is 11.9 Å². The van der Waals surface area contributed by atoms with E-state index in [0.717, 1.165) is 25.7 Å². The Kier molecular flexibility index (Phi) is 16.2. The molecule has 0 aliphatic carbocycles. The summed E-state index contributed by atoms with van der Waals surface area (Å²) in [5.41, 5.74) is 0. The van der Waals surface area contributed by atoms with Gasteiger partial charge in [-0.2, -0.15) is 0 Å². The van der Waals surface area contributed by atoms with Crippen LogP contribution in [-0.4, -0.2) is 25.2 Å². The molecule has 0 aromatic heterocycles. The molecule has 0 aliphatic heterocycles. The molecule has 0 aromatic rings. The maximum absolute atomic E-state index is 11.8. The van der Waals surface area contributed by atoms with Crippen molar-refractivity contribution in [2.75, 3.05) is 7.11 Å². The van der Waals surface area contributed by atoms with Crippen LogP contribution in [0.4, 0.5) is 0 Å². The first-order valence-electron chi connectivity index (χ1n) is 10.4. The Hall–Kier alpha value is -1.32. The molecule has 0 radical (unpaired) electrons. The Balaban J connectivity index is 3.58. The first-order valence-corrected chi connectivity index (χ1v) is 10.4. The molecule has 0 aliphatic rings. The fourth-order valence-electron chi connectivity index (χ4n) is 2.76. The van der Waals surface area contributed by atoms with Crippen molar-refractivity contribution in [3.63, 3.8) is 0 Å². The van der Waals surface area contributed by atoms with Crippen molar-refractivity contribution < 1.29 is 19.1 Å². The van der Waals surface area contributed by atoms with E-state index in [1.165, 1.54) is 52.1 Å². The number of unbranched alkanes of at least 4 members (excludes halogenated alkanes) is 9. The van der Waals surface area contributed by atoms with Crippen LogP contribution in [-0.2, 0) is 19.1 Å². The highest BCUT2D eigenvalue weighted by atomic mass is 16.6. The van der Waals surface area contributed by atoms with E-state index >= 15 is 0 Å². The lowest BCUT2D eigenvalue weighted by Gasteiger charge is -2.18. The predicted octanol–water partition coefficient (Wildman–Crippen LogP) is 5.98. The van der Waals surface area contributed by atoms with Gasteiger partial charge in [0.15, 0.2) is 0 Å². The largest absolute Gasteiger partial charge is 0.466 e. The number of hydrogen-bond acceptors (Lipinski definition) is 4. The Morgan fingerprint density at radius 1 is 0.846 bits per heavy atom. The average Bonchev–Trinajstić information content (AvgIpc) is 2.62. The summed E-state index contributed by atoms with van der Waals surface area (Å²) in [6.45, 7) is 5.92. The summed E-state index contributed by atoms with van der Waals surface area (Å²) in [6, 6.07) is 0. The lowest BCUT2D eigenvalue weighted by molar-refractivity contribution is -0.169. The number of hydrogen-bond donors (Lipinski definition) is 0. The van der Waals surface area contributed by atoms with Crippen molar-refractivity contribution in [1.29, 1.82) is 0 Å². The molecule has 26 heavy (non-hydrogen) atoms. The van der Waals surface area contributed by atoms with Gasteiger partial charge in [0, 0.05) is 12.3 Å². The molecular formula is C22H40O4. The van der Waals surface area contributed by atoms with Crippen molar-refractivity contribution in [3.05, 3.63) is 12.2 Å². The number of methoxy groups -OCH3 is 1. The summed E-state index contributed by atoms with van der Waals surface area (Å²) in [5, 5.41) is 0. The zero-order valence-electron chi connectivity index (χ0n) is 17.4. The SMILES string of the molecule is CCCCCC/C=C\CCCCCCCC(=O)OC(C(=O)OC)C(C)C. The fourth-order valence-corrected chi connectivity index (χ4v) is 2.76. The van der Waals surface area contributed by atoms with Crippen molar-refractivity contribution in [2.24, 2.45) is 5.92 Å².